The van der Waals surface area contributed by atoms with Gasteiger partial charge in [-0.25, -0.2) is 4.79 Å². The van der Waals surface area contributed by atoms with Crippen molar-refractivity contribution in [2.24, 2.45) is 0 Å². The molecule has 7 nitrogen and oxygen atoms in total. The number of nitrogens with zero attached hydrogens (tertiary/aromatic N) is 2. The minimum absolute atomic E-state index is 0.0000662. The molecular weight excluding hydrogens is 418 g/mol. The number of hydrogen-bond acceptors (Lipinski definition) is 4. The van der Waals surface area contributed by atoms with E-state index in [1.54, 1.807) is 36.2 Å². The van der Waals surface area contributed by atoms with Gasteiger partial charge in [0.1, 0.15) is 6.54 Å². The molecule has 0 radical (unpaired) electrons. The van der Waals surface area contributed by atoms with E-state index in [0.29, 0.717) is 30.3 Å². The van der Waals surface area contributed by atoms with Crippen molar-refractivity contribution in [1.82, 2.24) is 4.90 Å². The fourth-order valence-electron chi connectivity index (χ4n) is 4.56. The number of urea groups is 1. The van der Waals surface area contributed by atoms with Gasteiger partial charge in [-0.3, -0.25) is 9.69 Å². The molecule has 3 aromatic rings. The molecule has 2 aliphatic rings. The van der Waals surface area contributed by atoms with E-state index < -0.39 is 0 Å². The second kappa shape index (κ2) is 8.50. The summed E-state index contributed by atoms with van der Waals surface area (Å²) in [4.78, 5) is 28.8. The fourth-order valence-corrected chi connectivity index (χ4v) is 4.56. The van der Waals surface area contributed by atoms with Crippen molar-refractivity contribution < 1.29 is 19.1 Å². The number of fused-ring (bicyclic) bond motifs is 3. The molecule has 0 atom stereocenters. The summed E-state index contributed by atoms with van der Waals surface area (Å²) < 4.78 is 10.6. The van der Waals surface area contributed by atoms with Gasteiger partial charge in [0.2, 0.25) is 5.91 Å². The molecule has 168 valence electrons. The Hall–Kier alpha value is -4.00. The smallest absolute Gasteiger partial charge is 0.325 e. The third kappa shape index (κ3) is 3.86. The Kier molecular flexibility index (Phi) is 5.38. The summed E-state index contributed by atoms with van der Waals surface area (Å²) in [5, 5.41) is 2.95. The topological polar surface area (TPSA) is 71.1 Å². The lowest BCUT2D eigenvalue weighted by molar-refractivity contribution is -0.116. The van der Waals surface area contributed by atoms with Gasteiger partial charge in [-0.15, -0.1) is 0 Å². The second-order valence-electron chi connectivity index (χ2n) is 8.15. The lowest BCUT2D eigenvalue weighted by atomic mass is 10.1. The van der Waals surface area contributed by atoms with Gasteiger partial charge in [0.25, 0.3) is 0 Å². The highest BCUT2D eigenvalue weighted by atomic mass is 16.5. The molecule has 1 aliphatic heterocycles. The van der Waals surface area contributed by atoms with E-state index in [1.807, 2.05) is 30.3 Å². The maximum absolute atomic E-state index is 12.9. The molecule has 0 spiro atoms. The van der Waals surface area contributed by atoms with Gasteiger partial charge in [0.05, 0.1) is 14.2 Å². The van der Waals surface area contributed by atoms with Crippen LogP contribution in [0.3, 0.4) is 0 Å². The van der Waals surface area contributed by atoms with Crippen molar-refractivity contribution >= 4 is 23.3 Å². The zero-order chi connectivity index (χ0) is 22.9. The molecule has 1 N–H and O–H groups in total. The lowest BCUT2D eigenvalue weighted by Gasteiger charge is -2.19. The van der Waals surface area contributed by atoms with Gasteiger partial charge in [-0.2, -0.15) is 0 Å². The maximum Gasteiger partial charge on any atom is 0.325 e. The van der Waals surface area contributed by atoms with Crippen LogP contribution in [0.5, 0.6) is 11.5 Å². The molecule has 0 unspecified atom stereocenters. The number of carbonyl (C=O) groups excluding carboxylic acids is 2. The summed E-state index contributed by atoms with van der Waals surface area (Å²) in [7, 11) is 3.13. The standard InChI is InChI=1S/C26H25N3O4/c1-32-23-10-8-20(15-24(23)33-2)29-12-11-28(26(29)31)16-25(30)27-19-7-9-22-18(14-19)13-17-5-3-4-6-21(17)22/h3-10,14-15H,11-13,16H2,1-2H3,(H,27,30). The second-order valence-corrected chi connectivity index (χ2v) is 8.15. The highest BCUT2D eigenvalue weighted by Crippen LogP contribution is 2.37. The number of rotatable bonds is 6. The predicted molar refractivity (Wildman–Crippen MR) is 127 cm³/mol. The Morgan fingerprint density at radius 3 is 2.52 bits per heavy atom. The molecule has 1 heterocycles. The average Bonchev–Trinajstić information content (AvgIpc) is 3.38. The molecule has 0 bridgehead atoms. The third-order valence-electron chi connectivity index (χ3n) is 6.19. The van der Waals surface area contributed by atoms with Crippen LogP contribution < -0.4 is 19.7 Å². The summed E-state index contributed by atoms with van der Waals surface area (Å²) in [6, 6.07) is 19.5. The normalized spacial score (nSPS) is 14.2. The Labute approximate surface area is 192 Å². The zero-order valence-corrected chi connectivity index (χ0v) is 18.6. The summed E-state index contributed by atoms with van der Waals surface area (Å²) in [6.45, 7) is 0.971. The van der Waals surface area contributed by atoms with E-state index in [-0.39, 0.29) is 18.5 Å². The van der Waals surface area contributed by atoms with Gasteiger partial charge in [0, 0.05) is 30.5 Å². The highest BCUT2D eigenvalue weighted by molar-refractivity contribution is 5.99. The van der Waals surface area contributed by atoms with Crippen LogP contribution >= 0.6 is 0 Å². The number of ether oxygens (including phenoxy) is 2. The van der Waals surface area contributed by atoms with Crippen molar-refractivity contribution in [2.45, 2.75) is 6.42 Å². The highest BCUT2D eigenvalue weighted by Gasteiger charge is 2.31. The number of carbonyl (C=O) groups is 2. The van der Waals surface area contributed by atoms with Gasteiger partial charge in [0.15, 0.2) is 11.5 Å². The SMILES string of the molecule is COc1ccc(N2CCN(CC(=O)Nc3ccc4c(c3)Cc3ccccc3-4)C2=O)cc1OC. The van der Waals surface area contributed by atoms with Crippen LogP contribution in [0.25, 0.3) is 11.1 Å². The first-order valence-electron chi connectivity index (χ1n) is 10.9. The molecule has 5 rings (SSSR count). The van der Waals surface area contributed by atoms with Crippen molar-refractivity contribution in [1.29, 1.82) is 0 Å². The minimum Gasteiger partial charge on any atom is -0.493 e. The van der Waals surface area contributed by atoms with Crippen LogP contribution in [0, 0.1) is 0 Å². The van der Waals surface area contributed by atoms with Crippen LogP contribution in [-0.2, 0) is 11.2 Å². The van der Waals surface area contributed by atoms with Crippen molar-refractivity contribution in [3.63, 3.8) is 0 Å². The van der Waals surface area contributed by atoms with E-state index in [2.05, 4.69) is 23.5 Å². The Bertz CT molecular complexity index is 1240. The minimum atomic E-state index is -0.215. The first-order valence-corrected chi connectivity index (χ1v) is 10.9. The van der Waals surface area contributed by atoms with Crippen LogP contribution in [-0.4, -0.2) is 50.7 Å². The molecule has 0 saturated carbocycles. The van der Waals surface area contributed by atoms with Gasteiger partial charge >= 0.3 is 6.03 Å². The van der Waals surface area contributed by atoms with Gasteiger partial charge in [-0.05, 0) is 52.9 Å². The molecule has 1 saturated heterocycles. The van der Waals surface area contributed by atoms with E-state index >= 15 is 0 Å². The first kappa shape index (κ1) is 20.9. The van der Waals surface area contributed by atoms with Crippen LogP contribution in [0.2, 0.25) is 0 Å². The molecule has 1 aliphatic carbocycles. The molecule has 3 aromatic carbocycles. The quantitative estimate of drug-likeness (QED) is 0.486. The number of benzene rings is 3. The Balaban J connectivity index is 1.23. The fraction of sp³-hybridized carbons (Fsp3) is 0.231. The number of hydrogen-bond donors (Lipinski definition) is 1. The van der Waals surface area contributed by atoms with Gasteiger partial charge in [-0.1, -0.05) is 30.3 Å². The van der Waals surface area contributed by atoms with Crippen LogP contribution in [0.15, 0.2) is 60.7 Å². The number of methoxy groups -OCH3 is 2. The molecule has 3 amide bonds. The van der Waals surface area contributed by atoms with E-state index in [9.17, 15) is 9.59 Å². The van der Waals surface area contributed by atoms with Gasteiger partial charge < -0.3 is 19.7 Å². The van der Waals surface area contributed by atoms with Crippen molar-refractivity contribution in [3.8, 4) is 22.6 Å². The average molecular weight is 444 g/mol. The monoisotopic (exact) mass is 443 g/mol. The molecule has 0 aromatic heterocycles. The number of anilines is 2. The molecular formula is C26H25N3O4. The summed E-state index contributed by atoms with van der Waals surface area (Å²) in [5.74, 6) is 0.937. The van der Waals surface area contributed by atoms with Crippen molar-refractivity contribution in [2.75, 3.05) is 44.1 Å². The number of nitrogens with one attached hydrogen (secondary N) is 1. The lowest BCUT2D eigenvalue weighted by Crippen LogP contribution is -2.37. The predicted octanol–water partition coefficient (Wildman–Crippen LogP) is 4.16. The first-order chi connectivity index (χ1) is 16.1. The van der Waals surface area contributed by atoms with E-state index in [4.69, 9.17) is 9.47 Å². The van der Waals surface area contributed by atoms with E-state index in [1.165, 1.54) is 22.3 Å². The summed E-state index contributed by atoms with van der Waals surface area (Å²) in [5.41, 5.74) is 6.42. The molecule has 7 heteroatoms. The summed E-state index contributed by atoms with van der Waals surface area (Å²) in [6.07, 6.45) is 0.861. The van der Waals surface area contributed by atoms with Crippen LogP contribution in [0.4, 0.5) is 16.2 Å². The van der Waals surface area contributed by atoms with Crippen molar-refractivity contribution in [3.05, 3.63) is 71.8 Å². The summed E-state index contributed by atoms with van der Waals surface area (Å²) >= 11 is 0. The number of amides is 3. The van der Waals surface area contributed by atoms with Crippen LogP contribution in [0.1, 0.15) is 11.1 Å². The third-order valence-corrected chi connectivity index (χ3v) is 6.19. The largest absolute Gasteiger partial charge is 0.493 e. The molecule has 1 fully saturated rings. The van der Waals surface area contributed by atoms with E-state index in [0.717, 1.165) is 12.1 Å². The zero-order valence-electron chi connectivity index (χ0n) is 18.6. The maximum atomic E-state index is 12.9. The Morgan fingerprint density at radius 1 is 0.909 bits per heavy atom. The molecule has 33 heavy (non-hydrogen) atoms. The Morgan fingerprint density at radius 2 is 1.70 bits per heavy atom.